The summed E-state index contributed by atoms with van der Waals surface area (Å²) in [5.74, 6) is 0.224. The van der Waals surface area contributed by atoms with E-state index in [2.05, 4.69) is 21.9 Å². The van der Waals surface area contributed by atoms with E-state index in [-0.39, 0.29) is 5.76 Å². The van der Waals surface area contributed by atoms with Crippen molar-refractivity contribution in [3.05, 3.63) is 17.5 Å². The summed E-state index contributed by atoms with van der Waals surface area (Å²) in [5.41, 5.74) is -0.966. The van der Waals surface area contributed by atoms with Gasteiger partial charge in [0.1, 0.15) is 0 Å². The molecule has 0 fully saturated rings. The number of nitrogens with one attached hydrogen (secondary N) is 1. The van der Waals surface area contributed by atoms with E-state index in [1.807, 2.05) is 0 Å². The zero-order valence-electron chi connectivity index (χ0n) is 12.6. The normalized spacial score (nSPS) is 12.0. The first-order valence-electron chi connectivity index (χ1n) is 7.77. The van der Waals surface area contributed by atoms with Crippen LogP contribution < -0.4 is 5.32 Å². The molecule has 122 valence electrons. The second-order valence-electron chi connectivity index (χ2n) is 5.33. The van der Waals surface area contributed by atoms with E-state index < -0.39 is 11.9 Å². The molecular weight excluding hydrogens is 281 g/mol. The zero-order chi connectivity index (χ0) is 15.6. The van der Waals surface area contributed by atoms with E-state index in [0.717, 1.165) is 25.5 Å². The molecule has 6 heteroatoms. The van der Waals surface area contributed by atoms with Crippen molar-refractivity contribution in [2.24, 2.45) is 0 Å². The van der Waals surface area contributed by atoms with Gasteiger partial charge in [-0.2, -0.15) is 13.2 Å². The number of rotatable bonds is 11. The van der Waals surface area contributed by atoms with Gasteiger partial charge in [0.2, 0.25) is 0 Å². The van der Waals surface area contributed by atoms with Gasteiger partial charge in [0, 0.05) is 6.07 Å². The maximum absolute atomic E-state index is 12.3. The van der Waals surface area contributed by atoms with Gasteiger partial charge >= 0.3 is 6.18 Å². The smallest absolute Gasteiger partial charge is 0.359 e. The van der Waals surface area contributed by atoms with Gasteiger partial charge < -0.3 is 9.84 Å². The fourth-order valence-electron chi connectivity index (χ4n) is 2.13. The number of unbranched alkanes of at least 4 members (excludes halogenated alkanes) is 7. The predicted octanol–water partition coefficient (Wildman–Crippen LogP) is 4.92. The first kappa shape index (κ1) is 18.0. The Hall–Kier alpha value is -1.04. The number of nitrogens with zero attached hydrogens (tertiary/aromatic N) is 1. The van der Waals surface area contributed by atoms with Gasteiger partial charge in [0.05, 0.1) is 6.54 Å². The second kappa shape index (κ2) is 9.82. The highest BCUT2D eigenvalue weighted by Crippen LogP contribution is 2.28. The van der Waals surface area contributed by atoms with E-state index in [1.165, 1.54) is 38.5 Å². The fraction of sp³-hybridized carbons (Fsp3) is 0.800. The summed E-state index contributed by atoms with van der Waals surface area (Å²) in [6.45, 7) is 3.29. The maximum Gasteiger partial charge on any atom is 0.436 e. The predicted molar refractivity (Wildman–Crippen MR) is 75.8 cm³/mol. The molecular formula is C15H25F3N2O. The highest BCUT2D eigenvalue weighted by atomic mass is 19.4. The lowest BCUT2D eigenvalue weighted by molar-refractivity contribution is -0.142. The second-order valence-corrected chi connectivity index (χ2v) is 5.33. The molecule has 0 atom stereocenters. The van der Waals surface area contributed by atoms with Crippen LogP contribution in [0, 0.1) is 0 Å². The van der Waals surface area contributed by atoms with Crippen LogP contribution in [0.2, 0.25) is 0 Å². The number of halogens is 3. The summed E-state index contributed by atoms with van der Waals surface area (Å²) >= 11 is 0. The van der Waals surface area contributed by atoms with Crippen molar-refractivity contribution in [1.29, 1.82) is 0 Å². The van der Waals surface area contributed by atoms with E-state index in [9.17, 15) is 13.2 Å². The Morgan fingerprint density at radius 3 is 2.24 bits per heavy atom. The Labute approximate surface area is 124 Å². The Morgan fingerprint density at radius 2 is 1.67 bits per heavy atom. The van der Waals surface area contributed by atoms with Crippen molar-refractivity contribution in [3.8, 4) is 0 Å². The molecule has 0 unspecified atom stereocenters. The Balaban J connectivity index is 1.98. The lowest BCUT2D eigenvalue weighted by Gasteiger charge is -2.03. The van der Waals surface area contributed by atoms with Crippen LogP contribution in [0.25, 0.3) is 0 Å². The van der Waals surface area contributed by atoms with Gasteiger partial charge in [-0.05, 0) is 13.0 Å². The molecule has 0 aromatic carbocycles. The van der Waals surface area contributed by atoms with Crippen molar-refractivity contribution >= 4 is 0 Å². The minimum Gasteiger partial charge on any atom is -0.359 e. The van der Waals surface area contributed by atoms with Crippen molar-refractivity contribution in [2.45, 2.75) is 71.0 Å². The fourth-order valence-corrected chi connectivity index (χ4v) is 2.13. The van der Waals surface area contributed by atoms with Crippen molar-refractivity contribution in [3.63, 3.8) is 0 Å². The molecule has 0 saturated heterocycles. The number of aromatic nitrogens is 1. The molecule has 0 aliphatic carbocycles. The van der Waals surface area contributed by atoms with Crippen molar-refractivity contribution in [1.82, 2.24) is 10.5 Å². The lowest BCUT2D eigenvalue weighted by Crippen LogP contribution is -2.14. The van der Waals surface area contributed by atoms with Gasteiger partial charge in [-0.25, -0.2) is 0 Å². The first-order valence-corrected chi connectivity index (χ1v) is 7.77. The molecule has 1 aromatic rings. The summed E-state index contributed by atoms with van der Waals surface area (Å²) in [4.78, 5) is 0. The molecule has 0 aliphatic heterocycles. The standard InChI is InChI=1S/C15H25F3N2O/c1-2-3-4-5-6-7-8-9-10-19-12-13-11-14(20-21-13)15(16,17)18/h11,19H,2-10,12H2,1H3. The number of alkyl halides is 3. The van der Waals surface area contributed by atoms with Crippen molar-refractivity contribution < 1.29 is 17.7 Å². The molecule has 0 aliphatic rings. The maximum atomic E-state index is 12.3. The lowest BCUT2D eigenvalue weighted by atomic mass is 10.1. The summed E-state index contributed by atoms with van der Waals surface area (Å²) < 4.78 is 41.5. The van der Waals surface area contributed by atoms with Gasteiger partial charge in [-0.3, -0.25) is 0 Å². The third-order valence-electron chi connectivity index (χ3n) is 3.36. The highest BCUT2D eigenvalue weighted by Gasteiger charge is 2.34. The third-order valence-corrected chi connectivity index (χ3v) is 3.36. The third kappa shape index (κ3) is 8.09. The van der Waals surface area contributed by atoms with Crippen LogP contribution in [-0.4, -0.2) is 11.7 Å². The average molecular weight is 306 g/mol. The quantitative estimate of drug-likeness (QED) is 0.589. The largest absolute Gasteiger partial charge is 0.436 e. The number of hydrogen-bond donors (Lipinski definition) is 1. The molecule has 21 heavy (non-hydrogen) atoms. The minimum atomic E-state index is -4.43. The molecule has 0 amide bonds. The van der Waals surface area contributed by atoms with Crippen LogP contribution in [0.5, 0.6) is 0 Å². The molecule has 0 spiro atoms. The molecule has 1 heterocycles. The molecule has 0 bridgehead atoms. The molecule has 1 N–H and O–H groups in total. The van der Waals surface area contributed by atoms with Gasteiger partial charge in [0.15, 0.2) is 11.5 Å². The summed E-state index contributed by atoms with van der Waals surface area (Å²) in [6, 6.07) is 0.945. The summed E-state index contributed by atoms with van der Waals surface area (Å²) in [7, 11) is 0. The van der Waals surface area contributed by atoms with Crippen LogP contribution in [-0.2, 0) is 12.7 Å². The minimum absolute atomic E-state index is 0.224. The van der Waals surface area contributed by atoms with E-state index in [1.54, 1.807) is 0 Å². The van der Waals surface area contributed by atoms with Gasteiger partial charge in [-0.15, -0.1) is 0 Å². The van der Waals surface area contributed by atoms with Gasteiger partial charge in [0.25, 0.3) is 0 Å². The van der Waals surface area contributed by atoms with Crippen LogP contribution in [0.1, 0.15) is 69.7 Å². The van der Waals surface area contributed by atoms with E-state index in [0.29, 0.717) is 6.54 Å². The van der Waals surface area contributed by atoms with Gasteiger partial charge in [-0.1, -0.05) is 57.0 Å². The Bertz CT molecular complexity index is 377. The topological polar surface area (TPSA) is 38.1 Å². The monoisotopic (exact) mass is 306 g/mol. The summed E-state index contributed by atoms with van der Waals surface area (Å²) in [6.07, 6.45) is 5.47. The molecule has 3 nitrogen and oxygen atoms in total. The Morgan fingerprint density at radius 1 is 1.05 bits per heavy atom. The summed E-state index contributed by atoms with van der Waals surface area (Å²) in [5, 5.41) is 6.09. The zero-order valence-corrected chi connectivity index (χ0v) is 12.6. The SMILES string of the molecule is CCCCCCCCCCNCc1cc(C(F)(F)F)no1. The Kier molecular flexibility index (Phi) is 8.42. The van der Waals surface area contributed by atoms with Crippen LogP contribution in [0.4, 0.5) is 13.2 Å². The highest BCUT2D eigenvalue weighted by molar-refractivity contribution is 5.08. The molecule has 0 saturated carbocycles. The van der Waals surface area contributed by atoms with Crippen LogP contribution in [0.15, 0.2) is 10.6 Å². The molecule has 1 rings (SSSR count). The van der Waals surface area contributed by atoms with Crippen LogP contribution in [0.3, 0.4) is 0 Å². The van der Waals surface area contributed by atoms with Crippen molar-refractivity contribution in [2.75, 3.05) is 6.54 Å². The number of hydrogen-bond acceptors (Lipinski definition) is 3. The molecule has 0 radical (unpaired) electrons. The first-order chi connectivity index (χ1) is 10.0. The van der Waals surface area contributed by atoms with E-state index in [4.69, 9.17) is 0 Å². The molecule has 1 aromatic heterocycles. The average Bonchev–Trinajstić information content (AvgIpc) is 2.90. The van der Waals surface area contributed by atoms with Crippen LogP contribution >= 0.6 is 0 Å². The van der Waals surface area contributed by atoms with E-state index >= 15 is 0 Å².